The molecule has 0 unspecified atom stereocenters. The van der Waals surface area contributed by atoms with E-state index in [9.17, 15) is 25.2 Å². The van der Waals surface area contributed by atoms with E-state index in [4.69, 9.17) is 23.7 Å². The molecule has 5 rings (SSSR count). The van der Waals surface area contributed by atoms with Crippen LogP contribution in [0.1, 0.15) is 33.7 Å². The monoisotopic (exact) mass is 496 g/mol. The zero-order chi connectivity index (χ0) is 25.6. The summed E-state index contributed by atoms with van der Waals surface area (Å²) in [4.78, 5) is 12.9. The third-order valence-electron chi connectivity index (χ3n) is 6.22. The number of ketones is 1. The molecule has 2 aliphatic rings. The van der Waals surface area contributed by atoms with Crippen molar-refractivity contribution in [3.05, 3.63) is 65.2 Å². The van der Waals surface area contributed by atoms with E-state index in [-0.39, 0.29) is 35.2 Å². The van der Waals surface area contributed by atoms with Crippen molar-refractivity contribution in [2.24, 2.45) is 0 Å². The molecule has 188 valence electrons. The van der Waals surface area contributed by atoms with Crippen LogP contribution < -0.4 is 23.7 Å². The van der Waals surface area contributed by atoms with Crippen molar-refractivity contribution in [3.63, 3.8) is 0 Å². The number of aromatic hydroxyl groups is 2. The third kappa shape index (κ3) is 3.90. The summed E-state index contributed by atoms with van der Waals surface area (Å²) in [6, 6.07) is 12.2. The lowest BCUT2D eigenvalue weighted by molar-refractivity contribution is -0.0130. The maximum Gasteiger partial charge on any atom is 0.202 e. The highest BCUT2D eigenvalue weighted by Gasteiger charge is 2.40. The molecular formula is C26H24O10. The fourth-order valence-electron chi connectivity index (χ4n) is 4.39. The molecule has 0 aromatic heterocycles. The zero-order valence-electron chi connectivity index (χ0n) is 19.4. The van der Waals surface area contributed by atoms with Crippen LogP contribution in [0.5, 0.6) is 40.2 Å². The minimum absolute atomic E-state index is 0.0442. The van der Waals surface area contributed by atoms with Crippen LogP contribution in [0, 0.1) is 0 Å². The number of aliphatic hydroxyl groups excluding tert-OH is 2. The van der Waals surface area contributed by atoms with Gasteiger partial charge in [0.2, 0.25) is 5.78 Å². The third-order valence-corrected chi connectivity index (χ3v) is 6.22. The second-order valence-electron chi connectivity index (χ2n) is 8.38. The highest BCUT2D eigenvalue weighted by atomic mass is 16.6. The van der Waals surface area contributed by atoms with E-state index in [1.165, 1.54) is 32.4 Å². The summed E-state index contributed by atoms with van der Waals surface area (Å²) in [5, 5.41) is 40.8. The van der Waals surface area contributed by atoms with E-state index in [0.717, 1.165) is 0 Å². The minimum atomic E-state index is -1.58. The van der Waals surface area contributed by atoms with Gasteiger partial charge in [0, 0.05) is 17.7 Å². The Labute approximate surface area is 205 Å². The Morgan fingerprint density at radius 3 is 2.25 bits per heavy atom. The van der Waals surface area contributed by atoms with E-state index in [1.807, 2.05) is 0 Å². The molecule has 0 fully saturated rings. The van der Waals surface area contributed by atoms with Crippen LogP contribution in [-0.2, 0) is 0 Å². The molecule has 3 aromatic rings. The number of phenolic OH excluding ortho intramolecular Hbond substituents is 2. The number of aliphatic hydroxyl groups is 2. The largest absolute Gasteiger partial charge is 0.507 e. The SMILES string of the molecule is COc1cc(O)c2c(c1)O[C@H](c1ccc3c(c1)O[C@H](c1ccc(O)c(OC)c1)[C@@H](CO)O3)[C@@H](O)C2=O. The van der Waals surface area contributed by atoms with Crippen LogP contribution in [0.4, 0.5) is 0 Å². The average Bonchev–Trinajstić information content (AvgIpc) is 2.89. The molecular weight excluding hydrogens is 472 g/mol. The van der Waals surface area contributed by atoms with Crippen LogP contribution in [0.15, 0.2) is 48.5 Å². The lowest BCUT2D eigenvalue weighted by Crippen LogP contribution is -2.37. The van der Waals surface area contributed by atoms with Crippen molar-refractivity contribution in [1.82, 2.24) is 0 Å². The first-order valence-corrected chi connectivity index (χ1v) is 11.1. The number of phenols is 2. The summed E-state index contributed by atoms with van der Waals surface area (Å²) in [6.07, 6.45) is -4.15. The molecule has 10 nitrogen and oxygen atoms in total. The predicted octanol–water partition coefficient (Wildman–Crippen LogP) is 2.67. The van der Waals surface area contributed by atoms with E-state index < -0.39 is 30.2 Å². The van der Waals surface area contributed by atoms with Crippen molar-refractivity contribution in [2.75, 3.05) is 20.8 Å². The summed E-state index contributed by atoms with van der Waals surface area (Å²) >= 11 is 0. The van der Waals surface area contributed by atoms with E-state index in [1.54, 1.807) is 30.3 Å². The molecule has 10 heteroatoms. The Morgan fingerprint density at radius 1 is 0.806 bits per heavy atom. The number of ether oxygens (including phenoxy) is 5. The number of fused-ring (bicyclic) bond motifs is 2. The van der Waals surface area contributed by atoms with E-state index >= 15 is 0 Å². The molecule has 0 aliphatic carbocycles. The Bertz CT molecular complexity index is 1320. The molecule has 4 atom stereocenters. The number of carbonyl (C=O) groups excluding carboxylic acids is 1. The molecule has 2 aliphatic heterocycles. The van der Waals surface area contributed by atoms with Gasteiger partial charge in [0.25, 0.3) is 0 Å². The average molecular weight is 496 g/mol. The Morgan fingerprint density at radius 2 is 1.53 bits per heavy atom. The van der Waals surface area contributed by atoms with E-state index in [0.29, 0.717) is 28.4 Å². The van der Waals surface area contributed by atoms with Gasteiger partial charge in [-0.1, -0.05) is 12.1 Å². The van der Waals surface area contributed by atoms with Gasteiger partial charge in [-0.05, 0) is 29.8 Å². The molecule has 0 bridgehead atoms. The molecule has 36 heavy (non-hydrogen) atoms. The van der Waals surface area contributed by atoms with Gasteiger partial charge in [0.15, 0.2) is 47.4 Å². The summed E-state index contributed by atoms with van der Waals surface area (Å²) < 4.78 is 28.4. The topological polar surface area (TPSA) is 144 Å². The van der Waals surface area contributed by atoms with Crippen LogP contribution in [0.3, 0.4) is 0 Å². The number of methoxy groups -OCH3 is 2. The van der Waals surface area contributed by atoms with Crippen molar-refractivity contribution < 1.29 is 48.9 Å². The fourth-order valence-corrected chi connectivity index (χ4v) is 4.39. The van der Waals surface area contributed by atoms with E-state index in [2.05, 4.69) is 0 Å². The number of Topliss-reactive ketones (excluding diaryl/α,β-unsaturated/α-hetero) is 1. The summed E-state index contributed by atoms with van der Waals surface area (Å²) in [5.41, 5.74) is 0.903. The first kappa shape index (κ1) is 23.6. The first-order valence-electron chi connectivity index (χ1n) is 11.1. The smallest absolute Gasteiger partial charge is 0.202 e. The van der Waals surface area contributed by atoms with Gasteiger partial charge in [-0.25, -0.2) is 0 Å². The minimum Gasteiger partial charge on any atom is -0.507 e. The van der Waals surface area contributed by atoms with Gasteiger partial charge in [0.05, 0.1) is 20.8 Å². The van der Waals surface area contributed by atoms with Crippen LogP contribution >= 0.6 is 0 Å². The number of carbonyl (C=O) groups is 1. The summed E-state index contributed by atoms with van der Waals surface area (Å²) in [7, 11) is 2.84. The number of hydrogen-bond acceptors (Lipinski definition) is 10. The molecule has 0 saturated heterocycles. The maximum absolute atomic E-state index is 12.9. The Kier molecular flexibility index (Phi) is 5.99. The highest BCUT2D eigenvalue weighted by Crippen LogP contribution is 2.46. The van der Waals surface area contributed by atoms with Gasteiger partial charge in [-0.2, -0.15) is 0 Å². The fraction of sp³-hybridized carbons (Fsp3) is 0.269. The van der Waals surface area contributed by atoms with Crippen molar-refractivity contribution in [2.45, 2.75) is 24.4 Å². The van der Waals surface area contributed by atoms with Crippen molar-refractivity contribution in [1.29, 1.82) is 0 Å². The van der Waals surface area contributed by atoms with Gasteiger partial charge >= 0.3 is 0 Å². The standard InChI is InChI=1S/C26H24O10/c1-32-14-9-16(29)22-20(10-14)36-26(24(31)23(22)30)13-4-6-17-19(8-13)35-25(21(11-27)34-17)12-3-5-15(28)18(7-12)33-2/h3-10,21,24-29,31H,11H2,1-2H3/t21-,24+,25-,26-/m1/s1. The van der Waals surface area contributed by atoms with Gasteiger partial charge in [0.1, 0.15) is 22.8 Å². The molecule has 4 N–H and O–H groups in total. The zero-order valence-corrected chi connectivity index (χ0v) is 19.4. The second kappa shape index (κ2) is 9.14. The molecule has 2 heterocycles. The van der Waals surface area contributed by atoms with Gasteiger partial charge < -0.3 is 44.1 Å². The molecule has 0 saturated carbocycles. The Balaban J connectivity index is 1.49. The van der Waals surface area contributed by atoms with Gasteiger partial charge in [-0.3, -0.25) is 4.79 Å². The summed E-state index contributed by atoms with van der Waals surface area (Å²) in [6.45, 7) is -0.337. The molecule has 0 spiro atoms. The highest BCUT2D eigenvalue weighted by molar-refractivity contribution is 6.05. The van der Waals surface area contributed by atoms with Crippen LogP contribution in [0.2, 0.25) is 0 Å². The molecule has 0 radical (unpaired) electrons. The molecule has 3 aromatic carbocycles. The maximum atomic E-state index is 12.9. The first-order chi connectivity index (χ1) is 17.3. The normalized spacial score (nSPS) is 22.4. The van der Waals surface area contributed by atoms with Crippen molar-refractivity contribution >= 4 is 5.78 Å². The predicted molar refractivity (Wildman–Crippen MR) is 124 cm³/mol. The van der Waals surface area contributed by atoms with Crippen LogP contribution in [-0.4, -0.2) is 59.2 Å². The quantitative estimate of drug-likeness (QED) is 0.416. The second-order valence-corrected chi connectivity index (χ2v) is 8.38. The van der Waals surface area contributed by atoms with Crippen molar-refractivity contribution in [3.8, 4) is 40.2 Å². The Hall–Kier alpha value is -4.15. The lowest BCUT2D eigenvalue weighted by Gasteiger charge is -2.35. The number of benzene rings is 3. The van der Waals surface area contributed by atoms with Crippen LogP contribution in [0.25, 0.3) is 0 Å². The van der Waals surface area contributed by atoms with Gasteiger partial charge in [-0.15, -0.1) is 0 Å². The summed E-state index contributed by atoms with van der Waals surface area (Å²) in [5.74, 6) is 0.184. The number of hydrogen-bond donors (Lipinski definition) is 4. The lowest BCUT2D eigenvalue weighted by atomic mass is 9.92. The molecule has 0 amide bonds. The number of rotatable bonds is 5.